The van der Waals surface area contributed by atoms with E-state index in [1.807, 2.05) is 6.07 Å². The summed E-state index contributed by atoms with van der Waals surface area (Å²) in [6.45, 7) is 6.69. The second-order valence-corrected chi connectivity index (χ2v) is 4.94. The van der Waals surface area contributed by atoms with Crippen molar-refractivity contribution in [2.75, 3.05) is 11.1 Å². The first-order valence-corrected chi connectivity index (χ1v) is 5.84. The highest BCUT2D eigenvalue weighted by molar-refractivity contribution is 7.10. The third kappa shape index (κ3) is 3.96. The molecule has 14 heavy (non-hydrogen) atoms. The van der Waals surface area contributed by atoms with E-state index in [1.165, 1.54) is 24.4 Å². The van der Waals surface area contributed by atoms with E-state index in [4.69, 9.17) is 5.73 Å². The Kier molecular flexibility index (Phi) is 4.20. The molecular weight excluding hydrogens is 194 g/mol. The van der Waals surface area contributed by atoms with Crippen molar-refractivity contribution in [3.05, 3.63) is 6.07 Å². The van der Waals surface area contributed by atoms with Gasteiger partial charge in [-0.1, -0.05) is 13.8 Å². The number of nitrogens with two attached hydrogens (primary N) is 1. The summed E-state index contributed by atoms with van der Waals surface area (Å²) in [6, 6.07) is 2.38. The van der Waals surface area contributed by atoms with Crippen molar-refractivity contribution < 1.29 is 0 Å². The highest BCUT2D eigenvalue weighted by Crippen LogP contribution is 2.19. The zero-order chi connectivity index (χ0) is 10.6. The number of anilines is 2. The summed E-state index contributed by atoms with van der Waals surface area (Å²) < 4.78 is 4.02. The topological polar surface area (TPSA) is 50.9 Å². The van der Waals surface area contributed by atoms with Crippen molar-refractivity contribution in [3.8, 4) is 0 Å². The third-order valence-corrected chi connectivity index (χ3v) is 2.83. The molecule has 0 saturated carbocycles. The maximum absolute atomic E-state index is 5.54. The predicted octanol–water partition coefficient (Wildman–Crippen LogP) is 2.96. The Hall–Kier alpha value is -0.770. The zero-order valence-electron chi connectivity index (χ0n) is 9.08. The molecule has 1 aromatic rings. The lowest BCUT2D eigenvalue weighted by molar-refractivity contribution is 0.528. The van der Waals surface area contributed by atoms with E-state index in [9.17, 15) is 0 Å². The van der Waals surface area contributed by atoms with Crippen LogP contribution in [0.1, 0.15) is 33.6 Å². The Morgan fingerprint density at radius 3 is 2.64 bits per heavy atom. The first-order valence-electron chi connectivity index (χ1n) is 5.06. The van der Waals surface area contributed by atoms with Gasteiger partial charge in [0.05, 0.1) is 0 Å². The van der Waals surface area contributed by atoms with Crippen LogP contribution >= 0.6 is 11.5 Å². The maximum atomic E-state index is 5.54. The Morgan fingerprint density at radius 1 is 1.43 bits per heavy atom. The lowest BCUT2D eigenvalue weighted by Crippen LogP contribution is -2.14. The maximum Gasteiger partial charge on any atom is 0.139 e. The van der Waals surface area contributed by atoms with Gasteiger partial charge < -0.3 is 11.1 Å². The summed E-state index contributed by atoms with van der Waals surface area (Å²) >= 11 is 1.43. The molecule has 0 aliphatic carbocycles. The van der Waals surface area contributed by atoms with Crippen LogP contribution in [0.5, 0.6) is 0 Å². The van der Waals surface area contributed by atoms with Gasteiger partial charge in [0.25, 0.3) is 0 Å². The largest absolute Gasteiger partial charge is 0.383 e. The molecule has 0 amide bonds. The van der Waals surface area contributed by atoms with Gasteiger partial charge in [-0.05, 0) is 37.2 Å². The molecule has 0 fully saturated rings. The van der Waals surface area contributed by atoms with E-state index < -0.39 is 0 Å². The molecule has 1 rings (SSSR count). The number of aromatic nitrogens is 1. The lowest BCUT2D eigenvalue weighted by Gasteiger charge is -2.14. The minimum atomic E-state index is 0.497. The molecule has 1 heterocycles. The summed E-state index contributed by atoms with van der Waals surface area (Å²) in [5.74, 6) is 1.37. The molecule has 1 aromatic heterocycles. The van der Waals surface area contributed by atoms with Gasteiger partial charge in [-0.3, -0.25) is 0 Å². The van der Waals surface area contributed by atoms with Crippen molar-refractivity contribution in [1.82, 2.24) is 4.37 Å². The summed E-state index contributed by atoms with van der Waals surface area (Å²) in [6.07, 6.45) is 2.44. The highest BCUT2D eigenvalue weighted by atomic mass is 32.1. The average molecular weight is 213 g/mol. The fraction of sp³-hybridized carbons (Fsp3) is 0.700. The molecule has 3 N–H and O–H groups in total. The molecule has 80 valence electrons. The molecule has 0 spiro atoms. The number of nitrogens with one attached hydrogen (secondary N) is 1. The van der Waals surface area contributed by atoms with E-state index in [0.717, 1.165) is 10.9 Å². The number of rotatable bonds is 5. The minimum Gasteiger partial charge on any atom is -0.383 e. The van der Waals surface area contributed by atoms with E-state index in [2.05, 4.69) is 30.5 Å². The van der Waals surface area contributed by atoms with Crippen LogP contribution in [0, 0.1) is 5.92 Å². The van der Waals surface area contributed by atoms with Crippen molar-refractivity contribution >= 4 is 22.4 Å². The Balaban J connectivity index is 2.30. The van der Waals surface area contributed by atoms with Crippen LogP contribution in [0.25, 0.3) is 0 Å². The SMILES string of the molecule is CC(C)CCC(C)Nc1cc(N)ns1. The molecule has 0 aliphatic heterocycles. The van der Waals surface area contributed by atoms with Gasteiger partial charge in [-0.25, -0.2) is 0 Å². The minimum absolute atomic E-state index is 0.497. The quantitative estimate of drug-likeness (QED) is 0.790. The van der Waals surface area contributed by atoms with Crippen LogP contribution in [0.3, 0.4) is 0 Å². The van der Waals surface area contributed by atoms with E-state index in [-0.39, 0.29) is 0 Å². The summed E-state index contributed by atoms with van der Waals surface area (Å²) in [5, 5.41) is 4.46. The Morgan fingerprint density at radius 2 is 2.14 bits per heavy atom. The Labute approximate surface area is 89.9 Å². The Bertz CT molecular complexity index is 270. The van der Waals surface area contributed by atoms with Gasteiger partial charge in [-0.15, -0.1) is 0 Å². The first-order chi connectivity index (χ1) is 6.58. The fourth-order valence-electron chi connectivity index (χ4n) is 1.26. The molecule has 0 aromatic carbocycles. The molecule has 1 atom stereocenters. The summed E-state index contributed by atoms with van der Waals surface area (Å²) in [7, 11) is 0. The van der Waals surface area contributed by atoms with E-state index in [1.54, 1.807) is 0 Å². The first kappa shape index (κ1) is 11.3. The van der Waals surface area contributed by atoms with E-state index in [0.29, 0.717) is 11.9 Å². The van der Waals surface area contributed by atoms with Crippen molar-refractivity contribution in [3.63, 3.8) is 0 Å². The molecule has 3 nitrogen and oxygen atoms in total. The van der Waals surface area contributed by atoms with Gasteiger partial charge >= 0.3 is 0 Å². The number of nitrogen functional groups attached to an aromatic ring is 1. The summed E-state index contributed by atoms with van der Waals surface area (Å²) in [4.78, 5) is 0. The van der Waals surface area contributed by atoms with E-state index >= 15 is 0 Å². The second-order valence-electron chi connectivity index (χ2n) is 4.13. The van der Waals surface area contributed by atoms with Crippen molar-refractivity contribution in [2.24, 2.45) is 5.92 Å². The van der Waals surface area contributed by atoms with Gasteiger partial charge in [-0.2, -0.15) is 4.37 Å². The molecule has 1 unspecified atom stereocenters. The normalized spacial score (nSPS) is 13.1. The average Bonchev–Trinajstić information content (AvgIpc) is 2.48. The van der Waals surface area contributed by atoms with Crippen LogP contribution in [0.15, 0.2) is 6.07 Å². The van der Waals surface area contributed by atoms with Crippen LogP contribution in [0.4, 0.5) is 10.8 Å². The van der Waals surface area contributed by atoms with Crippen LogP contribution < -0.4 is 11.1 Å². The standard InChI is InChI=1S/C10H19N3S/c1-7(2)4-5-8(3)12-10-6-9(11)13-14-10/h6-8,12H,4-5H2,1-3H3,(H2,11,13). The highest BCUT2D eigenvalue weighted by Gasteiger charge is 2.05. The van der Waals surface area contributed by atoms with Crippen molar-refractivity contribution in [2.45, 2.75) is 39.7 Å². The molecule has 0 aliphatic rings. The van der Waals surface area contributed by atoms with Crippen LogP contribution in [-0.2, 0) is 0 Å². The number of hydrogen-bond acceptors (Lipinski definition) is 4. The number of nitrogens with zero attached hydrogens (tertiary/aromatic N) is 1. The predicted molar refractivity (Wildman–Crippen MR) is 63.7 cm³/mol. The molecule has 0 bridgehead atoms. The fourth-order valence-corrected chi connectivity index (χ4v) is 1.94. The third-order valence-electron chi connectivity index (χ3n) is 2.09. The molecule has 0 radical (unpaired) electrons. The molecule has 0 saturated heterocycles. The summed E-state index contributed by atoms with van der Waals surface area (Å²) in [5.41, 5.74) is 5.54. The zero-order valence-corrected chi connectivity index (χ0v) is 9.90. The molecule has 4 heteroatoms. The van der Waals surface area contributed by atoms with Crippen LogP contribution in [-0.4, -0.2) is 10.4 Å². The lowest BCUT2D eigenvalue weighted by atomic mass is 10.0. The van der Waals surface area contributed by atoms with Gasteiger partial charge in [0.15, 0.2) is 0 Å². The second kappa shape index (κ2) is 5.20. The number of hydrogen-bond donors (Lipinski definition) is 2. The smallest absolute Gasteiger partial charge is 0.139 e. The van der Waals surface area contributed by atoms with Gasteiger partial charge in [0.1, 0.15) is 10.8 Å². The molecular formula is C10H19N3S. The van der Waals surface area contributed by atoms with Crippen molar-refractivity contribution in [1.29, 1.82) is 0 Å². The van der Waals surface area contributed by atoms with Crippen LogP contribution in [0.2, 0.25) is 0 Å². The monoisotopic (exact) mass is 213 g/mol. The van der Waals surface area contributed by atoms with Gasteiger partial charge in [0.2, 0.25) is 0 Å². The van der Waals surface area contributed by atoms with Gasteiger partial charge in [0, 0.05) is 12.1 Å².